The number of hydrogen-bond acceptors (Lipinski definition) is 5. The number of nitrogens with zero attached hydrogens (tertiary/aromatic N) is 2. The Balaban J connectivity index is 1.44. The van der Waals surface area contributed by atoms with Crippen LogP contribution >= 0.6 is 11.3 Å². The smallest absolute Gasteiger partial charge is 0.246 e. The Bertz CT molecular complexity index is 1170. The predicted octanol–water partition coefficient (Wildman–Crippen LogP) is 5.27. The lowest BCUT2D eigenvalue weighted by molar-refractivity contribution is -0.116. The second-order valence-electron chi connectivity index (χ2n) is 6.58. The summed E-state index contributed by atoms with van der Waals surface area (Å²) in [5, 5.41) is 16.1. The fourth-order valence-electron chi connectivity index (χ4n) is 2.95. The molecule has 2 N–H and O–H groups in total. The minimum atomic E-state index is -0.463. The summed E-state index contributed by atoms with van der Waals surface area (Å²) in [7, 11) is 0. The largest absolute Gasteiger partial charge is 0.374 e. The highest BCUT2D eigenvalue weighted by Gasteiger charge is 2.14. The highest BCUT2D eigenvalue weighted by atomic mass is 32.1. The summed E-state index contributed by atoms with van der Waals surface area (Å²) < 4.78 is 1.16. The Morgan fingerprint density at radius 1 is 1.03 bits per heavy atom. The second-order valence-corrected chi connectivity index (χ2v) is 7.61. The third-order valence-electron chi connectivity index (χ3n) is 4.51. The maximum Gasteiger partial charge on any atom is 0.246 e. The summed E-state index contributed by atoms with van der Waals surface area (Å²) in [5.41, 5.74) is 3.83. The SMILES string of the molecule is C[C@H](Nc1ccc(-c2nc3ccccc3s2)cc1)C(=O)Nc1ccccc1C#N. The Morgan fingerprint density at radius 2 is 1.76 bits per heavy atom. The van der Waals surface area contributed by atoms with E-state index in [1.165, 1.54) is 0 Å². The van der Waals surface area contributed by atoms with E-state index >= 15 is 0 Å². The number of thiazole rings is 1. The predicted molar refractivity (Wildman–Crippen MR) is 118 cm³/mol. The van der Waals surface area contributed by atoms with Crippen LogP contribution in [0.5, 0.6) is 0 Å². The molecule has 0 aliphatic heterocycles. The summed E-state index contributed by atoms with van der Waals surface area (Å²) in [4.78, 5) is 17.2. The van der Waals surface area contributed by atoms with Gasteiger partial charge in [0.2, 0.25) is 5.91 Å². The third-order valence-corrected chi connectivity index (χ3v) is 5.59. The lowest BCUT2D eigenvalue weighted by Crippen LogP contribution is -2.32. The molecule has 1 atom stereocenters. The van der Waals surface area contributed by atoms with Crippen LogP contribution in [0.25, 0.3) is 20.8 Å². The van der Waals surface area contributed by atoms with Gasteiger partial charge >= 0.3 is 0 Å². The number of nitrogens with one attached hydrogen (secondary N) is 2. The molecule has 0 saturated heterocycles. The highest BCUT2D eigenvalue weighted by Crippen LogP contribution is 2.30. The van der Waals surface area contributed by atoms with E-state index in [9.17, 15) is 4.79 Å². The Labute approximate surface area is 172 Å². The van der Waals surface area contributed by atoms with Gasteiger partial charge in [-0.1, -0.05) is 24.3 Å². The van der Waals surface area contributed by atoms with Gasteiger partial charge in [0.1, 0.15) is 17.1 Å². The van der Waals surface area contributed by atoms with Crippen LogP contribution in [0.1, 0.15) is 12.5 Å². The number of benzene rings is 3. The first-order valence-electron chi connectivity index (χ1n) is 9.16. The van der Waals surface area contributed by atoms with Gasteiger partial charge in [-0.05, 0) is 55.5 Å². The molecule has 3 aromatic carbocycles. The van der Waals surface area contributed by atoms with Gasteiger partial charge in [-0.25, -0.2) is 4.98 Å². The molecular formula is C23H18N4OS. The number of carbonyl (C=O) groups excluding carboxylic acids is 1. The van der Waals surface area contributed by atoms with Gasteiger partial charge in [0.25, 0.3) is 0 Å². The van der Waals surface area contributed by atoms with Crippen LogP contribution < -0.4 is 10.6 Å². The summed E-state index contributed by atoms with van der Waals surface area (Å²) in [6.07, 6.45) is 0. The zero-order valence-electron chi connectivity index (χ0n) is 15.7. The molecule has 1 aromatic heterocycles. The first kappa shape index (κ1) is 18.7. The highest BCUT2D eigenvalue weighted by molar-refractivity contribution is 7.21. The van der Waals surface area contributed by atoms with Crippen molar-refractivity contribution in [2.24, 2.45) is 0 Å². The van der Waals surface area contributed by atoms with Gasteiger partial charge in [0.15, 0.2) is 0 Å². The zero-order chi connectivity index (χ0) is 20.2. The molecule has 0 unspecified atom stereocenters. The minimum Gasteiger partial charge on any atom is -0.374 e. The summed E-state index contributed by atoms with van der Waals surface area (Å²) in [6.45, 7) is 1.78. The fourth-order valence-corrected chi connectivity index (χ4v) is 3.92. The van der Waals surface area contributed by atoms with Crippen LogP contribution in [-0.2, 0) is 4.79 Å². The van der Waals surface area contributed by atoms with E-state index in [1.54, 1.807) is 42.5 Å². The van der Waals surface area contributed by atoms with Crippen molar-refractivity contribution in [3.63, 3.8) is 0 Å². The van der Waals surface area contributed by atoms with Crippen molar-refractivity contribution in [1.29, 1.82) is 5.26 Å². The number of nitriles is 1. The van der Waals surface area contributed by atoms with E-state index in [2.05, 4.69) is 27.8 Å². The lowest BCUT2D eigenvalue weighted by Gasteiger charge is -2.16. The third kappa shape index (κ3) is 4.10. The Morgan fingerprint density at radius 3 is 2.52 bits per heavy atom. The standard InChI is InChI=1S/C23H18N4OS/c1-15(22(28)26-19-7-3-2-6-17(19)14-24)25-18-12-10-16(11-13-18)23-27-20-8-4-5-9-21(20)29-23/h2-13,15,25H,1H3,(H,26,28)/t15-/m0/s1. The molecule has 0 radical (unpaired) electrons. The summed E-state index contributed by atoms with van der Waals surface area (Å²) in [5.74, 6) is -0.206. The van der Waals surface area contributed by atoms with Crippen LogP contribution in [0.4, 0.5) is 11.4 Å². The van der Waals surface area contributed by atoms with Crippen molar-refractivity contribution in [2.75, 3.05) is 10.6 Å². The van der Waals surface area contributed by atoms with E-state index < -0.39 is 6.04 Å². The normalized spacial score (nSPS) is 11.6. The number of aromatic nitrogens is 1. The molecule has 0 fully saturated rings. The van der Waals surface area contributed by atoms with E-state index in [0.717, 1.165) is 26.5 Å². The summed E-state index contributed by atoms with van der Waals surface area (Å²) in [6, 6.07) is 24.5. The fraction of sp³-hybridized carbons (Fsp3) is 0.0870. The van der Waals surface area contributed by atoms with E-state index in [4.69, 9.17) is 5.26 Å². The molecule has 0 aliphatic rings. The van der Waals surface area contributed by atoms with Crippen LogP contribution in [0, 0.1) is 11.3 Å². The van der Waals surface area contributed by atoms with Crippen LogP contribution in [0.2, 0.25) is 0 Å². The van der Waals surface area contributed by atoms with E-state index in [1.807, 2.05) is 42.5 Å². The molecule has 0 spiro atoms. The van der Waals surface area contributed by atoms with Crippen molar-refractivity contribution in [3.8, 4) is 16.6 Å². The zero-order valence-corrected chi connectivity index (χ0v) is 16.5. The summed E-state index contributed by atoms with van der Waals surface area (Å²) >= 11 is 1.66. The maximum atomic E-state index is 12.5. The molecular weight excluding hydrogens is 380 g/mol. The Kier molecular flexibility index (Phi) is 5.23. The number of anilines is 2. The Hall–Kier alpha value is -3.69. The van der Waals surface area contributed by atoms with Crippen LogP contribution in [-0.4, -0.2) is 16.9 Å². The van der Waals surface area contributed by atoms with Crippen molar-refractivity contribution in [2.45, 2.75) is 13.0 Å². The minimum absolute atomic E-state index is 0.206. The van der Waals surface area contributed by atoms with Gasteiger partial charge in [0, 0.05) is 11.3 Å². The molecule has 4 rings (SSSR count). The molecule has 4 aromatic rings. The number of amides is 1. The molecule has 29 heavy (non-hydrogen) atoms. The van der Waals surface area contributed by atoms with Crippen molar-refractivity contribution >= 4 is 38.8 Å². The molecule has 5 nitrogen and oxygen atoms in total. The average molecular weight is 398 g/mol. The number of para-hydroxylation sites is 2. The van der Waals surface area contributed by atoms with Gasteiger partial charge in [0.05, 0.1) is 21.5 Å². The number of fused-ring (bicyclic) bond motifs is 1. The molecule has 0 saturated carbocycles. The molecule has 0 aliphatic carbocycles. The van der Waals surface area contributed by atoms with Gasteiger partial charge in [-0.2, -0.15) is 5.26 Å². The average Bonchev–Trinajstić information content (AvgIpc) is 3.19. The van der Waals surface area contributed by atoms with Crippen LogP contribution in [0.3, 0.4) is 0 Å². The van der Waals surface area contributed by atoms with Crippen LogP contribution in [0.15, 0.2) is 72.8 Å². The maximum absolute atomic E-state index is 12.5. The number of rotatable bonds is 5. The molecule has 1 heterocycles. The lowest BCUT2D eigenvalue weighted by atomic mass is 10.1. The monoisotopic (exact) mass is 398 g/mol. The second kappa shape index (κ2) is 8.13. The van der Waals surface area contributed by atoms with Crippen molar-refractivity contribution < 1.29 is 4.79 Å². The molecule has 6 heteroatoms. The molecule has 1 amide bonds. The quantitative estimate of drug-likeness (QED) is 0.480. The van der Waals surface area contributed by atoms with Crippen molar-refractivity contribution in [3.05, 3.63) is 78.4 Å². The van der Waals surface area contributed by atoms with Gasteiger partial charge in [-0.3, -0.25) is 4.79 Å². The molecule has 0 bridgehead atoms. The topological polar surface area (TPSA) is 77.8 Å². The first-order chi connectivity index (χ1) is 14.1. The van der Waals surface area contributed by atoms with Crippen molar-refractivity contribution in [1.82, 2.24) is 4.98 Å². The first-order valence-corrected chi connectivity index (χ1v) is 9.98. The van der Waals surface area contributed by atoms with Gasteiger partial charge in [-0.15, -0.1) is 11.3 Å². The number of hydrogen-bond donors (Lipinski definition) is 2. The van der Waals surface area contributed by atoms with E-state index in [0.29, 0.717) is 11.3 Å². The van der Waals surface area contributed by atoms with Gasteiger partial charge < -0.3 is 10.6 Å². The number of carbonyl (C=O) groups is 1. The van der Waals surface area contributed by atoms with E-state index in [-0.39, 0.29) is 5.91 Å². The molecule has 142 valence electrons.